The van der Waals surface area contributed by atoms with Crippen LogP contribution >= 0.6 is 0 Å². The highest BCUT2D eigenvalue weighted by molar-refractivity contribution is 6.12. The number of carbonyl (C=O) groups is 2. The molecule has 2 aliphatic rings. The van der Waals surface area contributed by atoms with Gasteiger partial charge in [-0.1, -0.05) is 38.6 Å². The maximum atomic E-state index is 16.3. The third-order valence-electron chi connectivity index (χ3n) is 9.45. The number of aromatic nitrogens is 2. The van der Waals surface area contributed by atoms with Crippen LogP contribution in [-0.4, -0.2) is 82.6 Å². The van der Waals surface area contributed by atoms with Crippen LogP contribution in [0.5, 0.6) is 5.75 Å². The predicted molar refractivity (Wildman–Crippen MR) is 186 cm³/mol. The fourth-order valence-electron chi connectivity index (χ4n) is 7.26. The van der Waals surface area contributed by atoms with E-state index in [1.165, 1.54) is 40.8 Å². The summed E-state index contributed by atoms with van der Waals surface area (Å²) in [5.41, 5.74) is 2.03. The number of benzene rings is 2. The maximum absolute atomic E-state index is 16.3. The summed E-state index contributed by atoms with van der Waals surface area (Å²) in [7, 11) is 5.43. The molecule has 2 aromatic heterocycles. The van der Waals surface area contributed by atoms with E-state index in [1.54, 1.807) is 9.80 Å². The molecule has 2 aliphatic heterocycles. The molecular formula is C37H40F2N6O4. The number of aromatic hydroxyl groups is 1. The van der Waals surface area contributed by atoms with Crippen LogP contribution < -0.4 is 15.4 Å². The van der Waals surface area contributed by atoms with Gasteiger partial charge in [0.05, 0.1) is 23.5 Å². The highest BCUT2D eigenvalue weighted by Crippen LogP contribution is 2.44. The number of piperazine rings is 1. The number of rotatable bonds is 6. The van der Waals surface area contributed by atoms with Crippen LogP contribution in [0.3, 0.4) is 0 Å². The van der Waals surface area contributed by atoms with Gasteiger partial charge >= 0.3 is 0 Å². The van der Waals surface area contributed by atoms with Crippen LogP contribution in [0.1, 0.15) is 43.4 Å². The van der Waals surface area contributed by atoms with E-state index in [1.807, 2.05) is 58.8 Å². The predicted octanol–water partition coefficient (Wildman–Crippen LogP) is 5.10. The third kappa shape index (κ3) is 5.44. The number of nitrogens with zero attached hydrogens (tertiary/aromatic N) is 6. The molecule has 1 saturated heterocycles. The summed E-state index contributed by atoms with van der Waals surface area (Å²) < 4.78 is 33.0. The van der Waals surface area contributed by atoms with E-state index >= 15 is 13.6 Å². The number of carbonyl (C=O) groups excluding carboxylic acids is 2. The molecule has 2 amide bonds. The molecule has 2 aromatic carbocycles. The topological polar surface area (TPSA) is 102 Å². The summed E-state index contributed by atoms with van der Waals surface area (Å²) in [5.74, 6) is -3.10. The standard InChI is InChI=1S/C37H40F2N6O4/c1-9-29(47)43-18-27-36(48)42(8)34-33(44(27)16-21(43)5)24-15-26(39)31(30-25(38)11-10-12-28(30)46)40-35(24)45(37(34)49)32-20(4)13-22(17-41(6)7)14-23(32)19(2)3/h9-15,19,21,27,46H,1,16-18H2,2-8H3/t21-,27-/m1/s1. The minimum absolute atomic E-state index is 0.0280. The van der Waals surface area contributed by atoms with E-state index in [0.717, 1.165) is 22.8 Å². The Morgan fingerprint density at radius 2 is 1.82 bits per heavy atom. The van der Waals surface area contributed by atoms with Crippen LogP contribution in [0.25, 0.3) is 28.0 Å². The molecule has 10 nitrogen and oxygen atoms in total. The Morgan fingerprint density at radius 3 is 2.45 bits per heavy atom. The van der Waals surface area contributed by atoms with E-state index in [4.69, 9.17) is 0 Å². The van der Waals surface area contributed by atoms with Gasteiger partial charge in [-0.2, -0.15) is 0 Å². The first-order valence-corrected chi connectivity index (χ1v) is 16.2. The summed E-state index contributed by atoms with van der Waals surface area (Å²) >= 11 is 0. The number of halogens is 2. The lowest BCUT2D eigenvalue weighted by Gasteiger charge is -2.49. The molecule has 2 atom stereocenters. The maximum Gasteiger partial charge on any atom is 0.282 e. The van der Waals surface area contributed by atoms with Crippen LogP contribution in [0.4, 0.5) is 20.2 Å². The Balaban J connectivity index is 1.75. The number of amides is 2. The van der Waals surface area contributed by atoms with Gasteiger partial charge < -0.3 is 24.7 Å². The molecule has 256 valence electrons. The molecule has 1 N–H and O–H groups in total. The highest BCUT2D eigenvalue weighted by Gasteiger charge is 2.46. The van der Waals surface area contributed by atoms with Crippen molar-refractivity contribution in [3.63, 3.8) is 0 Å². The van der Waals surface area contributed by atoms with Gasteiger partial charge in [0.1, 0.15) is 29.0 Å². The van der Waals surface area contributed by atoms with Gasteiger partial charge in [-0.25, -0.2) is 13.8 Å². The van der Waals surface area contributed by atoms with Crippen molar-refractivity contribution in [2.45, 2.75) is 52.2 Å². The number of likely N-dealkylation sites (N-methyl/N-ethyl adjacent to an activating group) is 1. The van der Waals surface area contributed by atoms with E-state index in [0.29, 0.717) is 17.9 Å². The SMILES string of the molecule is C=CC(=O)N1C[C@@H]2C(=O)N(C)c3c(c4cc(F)c(-c5c(O)cccc5F)nc4n(-c4c(C)cc(CN(C)C)cc4C(C)C)c3=O)N2C[C@H]1C. The number of aryl methyl sites for hydroxylation is 1. The number of fused-ring (bicyclic) bond motifs is 5. The fraction of sp³-hybridized carbons (Fsp3) is 0.351. The minimum Gasteiger partial charge on any atom is -0.507 e. The van der Waals surface area contributed by atoms with Gasteiger partial charge in [-0.3, -0.25) is 19.0 Å². The molecule has 0 saturated carbocycles. The third-order valence-corrected chi connectivity index (χ3v) is 9.45. The van der Waals surface area contributed by atoms with Crippen molar-refractivity contribution in [1.82, 2.24) is 19.4 Å². The lowest BCUT2D eigenvalue weighted by Crippen LogP contribution is -2.66. The van der Waals surface area contributed by atoms with Gasteiger partial charge in [0, 0.05) is 31.6 Å². The molecule has 12 heteroatoms. The van der Waals surface area contributed by atoms with Gasteiger partial charge in [0.2, 0.25) is 5.91 Å². The summed E-state index contributed by atoms with van der Waals surface area (Å²) in [6.07, 6.45) is 1.20. The normalized spacial score (nSPS) is 17.6. The molecule has 4 heterocycles. The van der Waals surface area contributed by atoms with Gasteiger partial charge in [-0.15, -0.1) is 0 Å². The van der Waals surface area contributed by atoms with Crippen molar-refractivity contribution in [2.75, 3.05) is 44.0 Å². The fourth-order valence-corrected chi connectivity index (χ4v) is 7.26. The van der Waals surface area contributed by atoms with Crippen LogP contribution in [0.2, 0.25) is 0 Å². The second kappa shape index (κ2) is 12.4. The van der Waals surface area contributed by atoms with Gasteiger partial charge in [0.25, 0.3) is 11.5 Å². The molecule has 0 spiro atoms. The largest absolute Gasteiger partial charge is 0.507 e. The number of hydrogen-bond donors (Lipinski definition) is 1. The molecule has 0 bridgehead atoms. The van der Waals surface area contributed by atoms with Crippen molar-refractivity contribution in [2.24, 2.45) is 0 Å². The van der Waals surface area contributed by atoms with E-state index in [9.17, 15) is 14.7 Å². The minimum atomic E-state index is -0.924. The molecule has 1 fully saturated rings. The monoisotopic (exact) mass is 670 g/mol. The first kappa shape index (κ1) is 33.8. The lowest BCUT2D eigenvalue weighted by atomic mass is 9.94. The van der Waals surface area contributed by atoms with Gasteiger partial charge in [-0.05, 0) is 74.8 Å². The first-order chi connectivity index (χ1) is 23.2. The molecule has 0 radical (unpaired) electrons. The van der Waals surface area contributed by atoms with Crippen LogP contribution in [0.15, 0.2) is 53.8 Å². The number of hydrogen-bond acceptors (Lipinski definition) is 7. The van der Waals surface area contributed by atoms with Crippen molar-refractivity contribution < 1.29 is 23.5 Å². The Morgan fingerprint density at radius 1 is 1.10 bits per heavy atom. The number of pyridine rings is 2. The number of anilines is 2. The first-order valence-electron chi connectivity index (χ1n) is 16.2. The number of phenols is 1. The zero-order chi connectivity index (χ0) is 35.6. The van der Waals surface area contributed by atoms with Crippen molar-refractivity contribution in [3.05, 3.63) is 87.7 Å². The molecule has 0 unspecified atom stereocenters. The Bertz CT molecular complexity index is 2090. The zero-order valence-corrected chi connectivity index (χ0v) is 28.7. The Labute approximate surface area is 283 Å². The summed E-state index contributed by atoms with van der Waals surface area (Å²) in [5, 5.41) is 10.9. The molecule has 49 heavy (non-hydrogen) atoms. The molecule has 0 aliphatic carbocycles. The molecule has 6 rings (SSSR count). The zero-order valence-electron chi connectivity index (χ0n) is 28.7. The second-order valence-corrected chi connectivity index (χ2v) is 13.5. The average Bonchev–Trinajstić information content (AvgIpc) is 3.03. The lowest BCUT2D eigenvalue weighted by molar-refractivity contribution is -0.130. The smallest absolute Gasteiger partial charge is 0.282 e. The van der Waals surface area contributed by atoms with E-state index in [-0.39, 0.29) is 47.7 Å². The quantitative estimate of drug-likeness (QED) is 0.285. The summed E-state index contributed by atoms with van der Waals surface area (Å²) in [6, 6.07) is 7.59. The Kier molecular flexibility index (Phi) is 8.56. The van der Waals surface area contributed by atoms with Gasteiger partial charge in [0.15, 0.2) is 11.5 Å². The summed E-state index contributed by atoms with van der Waals surface area (Å²) in [4.78, 5) is 53.0. The molecular weight excluding hydrogens is 630 g/mol. The van der Waals surface area contributed by atoms with Crippen LogP contribution in [0, 0.1) is 18.6 Å². The van der Waals surface area contributed by atoms with Crippen LogP contribution in [-0.2, 0) is 16.1 Å². The van der Waals surface area contributed by atoms with E-state index < -0.39 is 46.1 Å². The molecule has 4 aromatic rings. The summed E-state index contributed by atoms with van der Waals surface area (Å²) in [6.45, 7) is 12.2. The van der Waals surface area contributed by atoms with E-state index in [2.05, 4.69) is 11.6 Å². The van der Waals surface area contributed by atoms with Crippen molar-refractivity contribution >= 4 is 34.2 Å². The highest BCUT2D eigenvalue weighted by atomic mass is 19.1. The number of phenolic OH excluding ortho intramolecular Hbond substituents is 1. The van der Waals surface area contributed by atoms with Crippen molar-refractivity contribution in [1.29, 1.82) is 0 Å². The van der Waals surface area contributed by atoms with Crippen molar-refractivity contribution in [3.8, 4) is 22.7 Å². The second-order valence-electron chi connectivity index (χ2n) is 13.5. The average molecular weight is 671 g/mol. The Hall–Kier alpha value is -5.10.